The van der Waals surface area contributed by atoms with E-state index in [4.69, 9.17) is 33.0 Å². The number of hydrogen-bond donors (Lipinski definition) is 2. The number of aromatic nitrogens is 5. The van der Waals surface area contributed by atoms with Crippen molar-refractivity contribution < 1.29 is 0 Å². The van der Waals surface area contributed by atoms with Gasteiger partial charge in [-0.25, -0.2) is 15.0 Å². The van der Waals surface area contributed by atoms with Gasteiger partial charge >= 0.3 is 0 Å². The number of hydrogen-bond acceptors (Lipinski definition) is 8. The van der Waals surface area contributed by atoms with Gasteiger partial charge in [-0.3, -0.25) is 9.38 Å². The second-order valence-corrected chi connectivity index (χ2v) is 10.9. The summed E-state index contributed by atoms with van der Waals surface area (Å²) in [5.41, 5.74) is 17.9. The molecule has 1 aliphatic carbocycles. The minimum Gasteiger partial charge on any atom is -0.382 e. The lowest BCUT2D eigenvalue weighted by Crippen LogP contribution is -2.44. The van der Waals surface area contributed by atoms with Gasteiger partial charge in [0.1, 0.15) is 17.0 Å². The van der Waals surface area contributed by atoms with Gasteiger partial charge < -0.3 is 16.4 Å². The van der Waals surface area contributed by atoms with Crippen LogP contribution in [0.15, 0.2) is 58.7 Å². The SMILES string of the molecule is Nc1nccc(Sc2ccc3nc(N4CCC5(CC4)Cc4ncccc4C5N)c4cnc2n34)c1Cl. The number of nitrogens with two attached hydrogens (primary N) is 2. The van der Waals surface area contributed by atoms with Crippen molar-refractivity contribution in [2.75, 3.05) is 23.7 Å². The average molecular weight is 503 g/mol. The van der Waals surface area contributed by atoms with Crippen LogP contribution >= 0.6 is 23.4 Å². The average Bonchev–Trinajstić information content (AvgIpc) is 3.55. The zero-order valence-corrected chi connectivity index (χ0v) is 20.4. The van der Waals surface area contributed by atoms with Crippen LogP contribution < -0.4 is 16.4 Å². The molecule has 4 N–H and O–H groups in total. The van der Waals surface area contributed by atoms with Crippen molar-refractivity contribution in [1.82, 2.24) is 24.3 Å². The van der Waals surface area contributed by atoms with Crippen molar-refractivity contribution in [3.63, 3.8) is 0 Å². The summed E-state index contributed by atoms with van der Waals surface area (Å²) in [6.07, 6.45) is 8.46. The lowest BCUT2D eigenvalue weighted by Gasteiger charge is -2.42. The first-order chi connectivity index (χ1) is 17.0. The second-order valence-electron chi connectivity index (χ2n) is 9.45. The van der Waals surface area contributed by atoms with Gasteiger partial charge in [0, 0.05) is 42.1 Å². The van der Waals surface area contributed by atoms with Gasteiger partial charge in [-0.2, -0.15) is 0 Å². The highest BCUT2D eigenvalue weighted by molar-refractivity contribution is 7.99. The van der Waals surface area contributed by atoms with Gasteiger partial charge in [0.05, 0.1) is 16.1 Å². The van der Waals surface area contributed by atoms with E-state index in [1.54, 1.807) is 6.20 Å². The van der Waals surface area contributed by atoms with Crippen LogP contribution in [0, 0.1) is 5.41 Å². The maximum Gasteiger partial charge on any atom is 0.157 e. The number of fused-ring (bicyclic) bond motifs is 1. The molecule has 5 aromatic rings. The number of imidazole rings is 2. The third-order valence-electron chi connectivity index (χ3n) is 7.64. The number of piperidine rings is 1. The molecular weight excluding hydrogens is 480 g/mol. The molecule has 7 rings (SSSR count). The number of anilines is 2. The van der Waals surface area contributed by atoms with Gasteiger partial charge in [-0.1, -0.05) is 29.4 Å². The van der Waals surface area contributed by atoms with E-state index in [0.717, 1.165) is 70.5 Å². The zero-order chi connectivity index (χ0) is 23.7. The van der Waals surface area contributed by atoms with E-state index in [1.807, 2.05) is 36.7 Å². The number of pyridine rings is 3. The van der Waals surface area contributed by atoms with Crippen molar-refractivity contribution >= 4 is 51.8 Å². The van der Waals surface area contributed by atoms with Gasteiger partial charge in [-0.05, 0) is 54.5 Å². The Labute approximate surface area is 211 Å². The predicted octanol–water partition coefficient (Wildman–Crippen LogP) is 4.34. The Morgan fingerprint density at radius 1 is 1.03 bits per heavy atom. The molecular formula is C25H23ClN8S. The van der Waals surface area contributed by atoms with Crippen molar-refractivity contribution in [3.05, 3.63) is 65.2 Å². The van der Waals surface area contributed by atoms with Gasteiger partial charge in [0.25, 0.3) is 0 Å². The molecule has 1 atom stereocenters. The summed E-state index contributed by atoms with van der Waals surface area (Å²) >= 11 is 7.91. The molecule has 0 bridgehead atoms. The van der Waals surface area contributed by atoms with E-state index in [0.29, 0.717) is 10.8 Å². The fourth-order valence-corrected chi connectivity index (χ4v) is 6.88. The summed E-state index contributed by atoms with van der Waals surface area (Å²) in [5, 5.41) is 0.461. The van der Waals surface area contributed by atoms with Gasteiger partial charge in [-0.15, -0.1) is 0 Å². The highest BCUT2D eigenvalue weighted by Crippen LogP contribution is 2.50. The molecule has 35 heavy (non-hydrogen) atoms. The Morgan fingerprint density at radius 3 is 2.71 bits per heavy atom. The zero-order valence-electron chi connectivity index (χ0n) is 18.9. The highest BCUT2D eigenvalue weighted by atomic mass is 35.5. The quantitative estimate of drug-likeness (QED) is 0.375. The Kier molecular flexibility index (Phi) is 4.64. The molecule has 0 saturated carbocycles. The standard InChI is InChI=1S/C25H23ClN8S/c26-20-17(5-9-30-22(20)28)35-18-3-4-19-32-23(16-13-31-24(18)34(16)19)33-10-6-25(7-11-33)12-15-14(21(25)27)2-1-8-29-15/h1-5,8-9,13,21H,6-7,10-12,27H2,(H2,28,30). The molecule has 0 aromatic carbocycles. The van der Waals surface area contributed by atoms with E-state index in [2.05, 4.69) is 25.3 Å². The summed E-state index contributed by atoms with van der Waals surface area (Å²) in [5.74, 6) is 1.31. The molecule has 0 amide bonds. The number of halogens is 1. The summed E-state index contributed by atoms with van der Waals surface area (Å²) in [6.45, 7) is 1.82. The van der Waals surface area contributed by atoms with Crippen molar-refractivity contribution in [1.29, 1.82) is 0 Å². The molecule has 1 fully saturated rings. The van der Waals surface area contributed by atoms with Crippen molar-refractivity contribution in [2.24, 2.45) is 11.1 Å². The highest BCUT2D eigenvalue weighted by Gasteiger charge is 2.46. The first-order valence-electron chi connectivity index (χ1n) is 11.7. The van der Waals surface area contributed by atoms with E-state index in [9.17, 15) is 0 Å². The lowest BCUT2D eigenvalue weighted by atomic mass is 9.73. The molecule has 1 saturated heterocycles. The van der Waals surface area contributed by atoms with Crippen LogP contribution in [0.1, 0.15) is 30.1 Å². The fraction of sp³-hybridized carbons (Fsp3) is 0.280. The normalized spacial score (nSPS) is 19.3. The molecule has 5 aromatic heterocycles. The molecule has 2 aliphatic rings. The van der Waals surface area contributed by atoms with Crippen LogP contribution in [0.3, 0.4) is 0 Å². The van der Waals surface area contributed by atoms with Crippen LogP contribution in [-0.4, -0.2) is 37.4 Å². The van der Waals surface area contributed by atoms with Crippen molar-refractivity contribution in [2.45, 2.75) is 35.1 Å². The molecule has 1 spiro atoms. The molecule has 8 nitrogen and oxygen atoms in total. The topological polar surface area (TPSA) is 111 Å². The number of nitrogen functional groups attached to an aromatic ring is 1. The minimum atomic E-state index is 0.0476. The molecule has 176 valence electrons. The largest absolute Gasteiger partial charge is 0.382 e. The Morgan fingerprint density at radius 2 is 1.89 bits per heavy atom. The maximum absolute atomic E-state index is 6.74. The minimum absolute atomic E-state index is 0.0476. The summed E-state index contributed by atoms with van der Waals surface area (Å²) in [4.78, 5) is 22.6. The van der Waals surface area contributed by atoms with Crippen LogP contribution in [-0.2, 0) is 6.42 Å². The van der Waals surface area contributed by atoms with E-state index in [-0.39, 0.29) is 11.5 Å². The monoisotopic (exact) mass is 502 g/mol. The van der Waals surface area contributed by atoms with Crippen LogP contribution in [0.2, 0.25) is 5.02 Å². The van der Waals surface area contributed by atoms with E-state index in [1.165, 1.54) is 17.3 Å². The fourth-order valence-electron chi connectivity index (χ4n) is 5.72. The predicted molar refractivity (Wildman–Crippen MR) is 138 cm³/mol. The Hall–Kier alpha value is -3.14. The molecule has 1 aliphatic heterocycles. The Balaban J connectivity index is 1.18. The maximum atomic E-state index is 6.74. The first kappa shape index (κ1) is 21.2. The van der Waals surface area contributed by atoms with E-state index >= 15 is 0 Å². The smallest absolute Gasteiger partial charge is 0.157 e. The van der Waals surface area contributed by atoms with Crippen LogP contribution in [0.25, 0.3) is 16.8 Å². The summed E-state index contributed by atoms with van der Waals surface area (Å²) in [6, 6.07) is 10.1. The first-order valence-corrected chi connectivity index (χ1v) is 12.9. The second kappa shape index (κ2) is 7.68. The third kappa shape index (κ3) is 3.11. The summed E-state index contributed by atoms with van der Waals surface area (Å²) < 4.78 is 2.13. The van der Waals surface area contributed by atoms with Gasteiger partial charge in [0.15, 0.2) is 11.5 Å². The molecule has 1 unspecified atom stereocenters. The molecule has 10 heteroatoms. The van der Waals surface area contributed by atoms with Crippen LogP contribution in [0.4, 0.5) is 11.6 Å². The number of nitrogens with zero attached hydrogens (tertiary/aromatic N) is 6. The number of rotatable bonds is 3. The molecule has 6 heterocycles. The van der Waals surface area contributed by atoms with Crippen molar-refractivity contribution in [3.8, 4) is 0 Å². The Bertz CT molecular complexity index is 1580. The molecule has 0 radical (unpaired) electrons. The third-order valence-corrected chi connectivity index (χ3v) is 9.25. The summed E-state index contributed by atoms with van der Waals surface area (Å²) in [7, 11) is 0. The van der Waals surface area contributed by atoms with Crippen LogP contribution in [0.5, 0.6) is 0 Å². The lowest BCUT2D eigenvalue weighted by molar-refractivity contribution is 0.187. The van der Waals surface area contributed by atoms with E-state index < -0.39 is 0 Å². The van der Waals surface area contributed by atoms with Gasteiger partial charge in [0.2, 0.25) is 0 Å².